The number of esters is 1. The molecule has 0 bridgehead atoms. The van der Waals surface area contributed by atoms with Gasteiger partial charge in [0, 0.05) is 24.9 Å². The summed E-state index contributed by atoms with van der Waals surface area (Å²) in [6, 6.07) is 12.3. The van der Waals surface area contributed by atoms with Crippen molar-refractivity contribution in [1.82, 2.24) is 0 Å². The minimum atomic E-state index is -0.901. The molecule has 0 aliphatic rings. The topological polar surface area (TPSA) is 108 Å². The van der Waals surface area contributed by atoms with Gasteiger partial charge in [-0.1, -0.05) is 30.3 Å². The number of ether oxygens (including phenoxy) is 2. The zero-order chi connectivity index (χ0) is 18.4. The van der Waals surface area contributed by atoms with Crippen molar-refractivity contribution in [2.75, 3.05) is 19.5 Å². The molecule has 0 fully saturated rings. The number of hydrogen-bond acceptors (Lipinski definition) is 6. The number of benzene rings is 2. The Balaban J connectivity index is 2.31. The first kappa shape index (κ1) is 18.1. The van der Waals surface area contributed by atoms with Gasteiger partial charge in [0.25, 0.3) is 11.6 Å². The molecule has 1 amide bonds. The predicted octanol–water partition coefficient (Wildman–Crippen LogP) is 2.71. The second-order valence-corrected chi connectivity index (χ2v) is 5.03. The fourth-order valence-electron chi connectivity index (χ4n) is 2.25. The van der Waals surface area contributed by atoms with Crippen LogP contribution in [0.25, 0.3) is 0 Å². The number of non-ortho nitro benzene ring substituents is 1. The van der Waals surface area contributed by atoms with E-state index in [1.807, 2.05) is 0 Å². The van der Waals surface area contributed by atoms with Gasteiger partial charge in [0.2, 0.25) is 0 Å². The number of carbonyl (C=O) groups excluding carboxylic acids is 2. The summed E-state index contributed by atoms with van der Waals surface area (Å²) < 4.78 is 9.78. The largest absolute Gasteiger partial charge is 0.465 e. The highest BCUT2D eigenvalue weighted by Crippen LogP contribution is 2.24. The molecule has 1 atom stereocenters. The normalized spacial score (nSPS) is 11.4. The maximum absolute atomic E-state index is 12.5. The number of nitrogens with zero attached hydrogens (tertiary/aromatic N) is 1. The van der Waals surface area contributed by atoms with E-state index in [4.69, 9.17) is 4.74 Å². The van der Waals surface area contributed by atoms with Crippen molar-refractivity contribution in [3.05, 3.63) is 69.8 Å². The van der Waals surface area contributed by atoms with Crippen molar-refractivity contribution in [3.63, 3.8) is 0 Å². The second kappa shape index (κ2) is 8.02. The molecular formula is C17H16N2O6. The lowest BCUT2D eigenvalue weighted by Gasteiger charge is -2.16. The third kappa shape index (κ3) is 4.39. The van der Waals surface area contributed by atoms with E-state index in [1.165, 1.54) is 13.2 Å². The smallest absolute Gasteiger partial charge is 0.338 e. The van der Waals surface area contributed by atoms with Crippen LogP contribution in [0.15, 0.2) is 48.5 Å². The number of nitrogens with one attached hydrogen (secondary N) is 1. The van der Waals surface area contributed by atoms with Crippen LogP contribution in [0.4, 0.5) is 11.4 Å². The summed E-state index contributed by atoms with van der Waals surface area (Å²) in [4.78, 5) is 34.5. The van der Waals surface area contributed by atoms with E-state index in [9.17, 15) is 19.7 Å². The summed E-state index contributed by atoms with van der Waals surface area (Å²) in [5.41, 5.74) is 0.339. The molecule has 2 rings (SSSR count). The van der Waals surface area contributed by atoms with Gasteiger partial charge >= 0.3 is 5.97 Å². The van der Waals surface area contributed by atoms with Gasteiger partial charge < -0.3 is 14.8 Å². The lowest BCUT2D eigenvalue weighted by atomic mass is 10.1. The van der Waals surface area contributed by atoms with Gasteiger partial charge in [0.1, 0.15) is 0 Å². The highest BCUT2D eigenvalue weighted by Gasteiger charge is 2.22. The molecule has 0 aliphatic heterocycles. The van der Waals surface area contributed by atoms with Gasteiger partial charge in [-0.05, 0) is 11.6 Å². The molecule has 8 nitrogen and oxygen atoms in total. The number of anilines is 1. The van der Waals surface area contributed by atoms with E-state index < -0.39 is 22.9 Å². The molecule has 130 valence electrons. The Bertz CT molecular complexity index is 791. The Morgan fingerprint density at radius 2 is 1.80 bits per heavy atom. The Morgan fingerprint density at radius 3 is 2.36 bits per heavy atom. The van der Waals surface area contributed by atoms with E-state index in [2.05, 4.69) is 10.1 Å². The molecule has 0 aliphatic carbocycles. The first-order valence-electron chi connectivity index (χ1n) is 7.22. The molecule has 25 heavy (non-hydrogen) atoms. The Morgan fingerprint density at radius 1 is 1.12 bits per heavy atom. The van der Waals surface area contributed by atoms with Crippen LogP contribution in [0, 0.1) is 10.1 Å². The van der Waals surface area contributed by atoms with Gasteiger partial charge in [-0.25, -0.2) is 4.79 Å². The molecule has 1 N–H and O–H groups in total. The summed E-state index contributed by atoms with van der Waals surface area (Å²) in [5, 5.41) is 13.6. The van der Waals surface area contributed by atoms with Crippen molar-refractivity contribution in [2.45, 2.75) is 6.10 Å². The van der Waals surface area contributed by atoms with Gasteiger partial charge in [0.15, 0.2) is 6.10 Å². The van der Waals surface area contributed by atoms with Crippen molar-refractivity contribution in [3.8, 4) is 0 Å². The molecule has 2 aromatic rings. The molecule has 8 heteroatoms. The fourth-order valence-corrected chi connectivity index (χ4v) is 2.25. The quantitative estimate of drug-likeness (QED) is 0.490. The van der Waals surface area contributed by atoms with E-state index in [1.54, 1.807) is 30.3 Å². The summed E-state index contributed by atoms with van der Waals surface area (Å²) >= 11 is 0. The average Bonchev–Trinajstić information content (AvgIpc) is 2.62. The first-order chi connectivity index (χ1) is 12.0. The van der Waals surface area contributed by atoms with Crippen LogP contribution >= 0.6 is 0 Å². The van der Waals surface area contributed by atoms with Crippen molar-refractivity contribution in [1.29, 1.82) is 0 Å². The summed E-state index contributed by atoms with van der Waals surface area (Å²) in [6.45, 7) is 0. The molecular weight excluding hydrogens is 328 g/mol. The number of nitro groups is 1. The lowest BCUT2D eigenvalue weighted by molar-refractivity contribution is -0.384. The second-order valence-electron chi connectivity index (χ2n) is 5.03. The standard InChI is InChI=1S/C17H16N2O6/c1-24-15(11-6-4-3-5-7-11)16(20)18-13-8-12(17(21)25-2)9-14(10-13)19(22)23/h3-10,15H,1-2H3,(H,18,20)/t15-/m0/s1. The molecule has 0 heterocycles. The number of nitro benzene ring substituents is 1. The SMILES string of the molecule is COC(=O)c1cc(NC(=O)[C@@H](OC)c2ccccc2)cc([N+](=O)[O-])c1. The number of rotatable bonds is 6. The van der Waals surface area contributed by atoms with Gasteiger partial charge in [-0.15, -0.1) is 0 Å². The first-order valence-corrected chi connectivity index (χ1v) is 7.22. The summed E-state index contributed by atoms with van der Waals surface area (Å²) in [7, 11) is 2.54. The van der Waals surface area contributed by atoms with Crippen LogP contribution in [0.1, 0.15) is 22.0 Å². The molecule has 0 saturated carbocycles. The van der Waals surface area contributed by atoms with Crippen molar-refractivity contribution >= 4 is 23.3 Å². The Labute approximate surface area is 143 Å². The highest BCUT2D eigenvalue weighted by atomic mass is 16.6. The van der Waals surface area contributed by atoms with E-state index in [0.29, 0.717) is 5.56 Å². The van der Waals surface area contributed by atoms with Gasteiger partial charge in [0.05, 0.1) is 17.6 Å². The molecule has 0 aromatic heterocycles. The number of carbonyl (C=O) groups is 2. The van der Waals surface area contributed by atoms with E-state index in [0.717, 1.165) is 19.2 Å². The monoisotopic (exact) mass is 344 g/mol. The van der Waals surface area contributed by atoms with E-state index >= 15 is 0 Å². The van der Waals surface area contributed by atoms with Gasteiger partial charge in [-0.2, -0.15) is 0 Å². The minimum absolute atomic E-state index is 0.0410. The van der Waals surface area contributed by atoms with Crippen LogP contribution < -0.4 is 5.32 Å². The Kier molecular flexibility index (Phi) is 5.80. The summed E-state index contributed by atoms with van der Waals surface area (Å²) in [5.74, 6) is -1.27. The zero-order valence-electron chi connectivity index (χ0n) is 13.6. The number of hydrogen-bond donors (Lipinski definition) is 1. The van der Waals surface area contributed by atoms with Crippen molar-refractivity contribution in [2.24, 2.45) is 0 Å². The third-order valence-corrected chi connectivity index (χ3v) is 3.39. The maximum atomic E-state index is 12.5. The fraction of sp³-hybridized carbons (Fsp3) is 0.176. The van der Waals surface area contributed by atoms with Crippen molar-refractivity contribution < 1.29 is 24.0 Å². The van der Waals surface area contributed by atoms with Crippen LogP contribution in [0.2, 0.25) is 0 Å². The molecule has 0 radical (unpaired) electrons. The van der Waals surface area contributed by atoms with Crippen LogP contribution in [-0.2, 0) is 14.3 Å². The predicted molar refractivity (Wildman–Crippen MR) is 89.3 cm³/mol. The molecule has 2 aromatic carbocycles. The lowest BCUT2D eigenvalue weighted by Crippen LogP contribution is -2.22. The highest BCUT2D eigenvalue weighted by molar-refractivity contribution is 5.97. The van der Waals surface area contributed by atoms with E-state index in [-0.39, 0.29) is 16.9 Å². The molecule has 0 saturated heterocycles. The maximum Gasteiger partial charge on any atom is 0.338 e. The van der Waals surface area contributed by atoms with Crippen LogP contribution in [-0.4, -0.2) is 31.0 Å². The zero-order valence-corrected chi connectivity index (χ0v) is 13.6. The number of amides is 1. The third-order valence-electron chi connectivity index (χ3n) is 3.39. The van der Waals surface area contributed by atoms with Crippen LogP contribution in [0.3, 0.4) is 0 Å². The minimum Gasteiger partial charge on any atom is -0.465 e. The molecule has 0 spiro atoms. The number of methoxy groups -OCH3 is 2. The van der Waals surface area contributed by atoms with Crippen LogP contribution in [0.5, 0.6) is 0 Å². The average molecular weight is 344 g/mol. The Hall–Kier alpha value is -3.26. The molecule has 0 unspecified atom stereocenters. The van der Waals surface area contributed by atoms with Gasteiger partial charge in [-0.3, -0.25) is 14.9 Å². The summed E-state index contributed by atoms with van der Waals surface area (Å²) in [6.07, 6.45) is -0.901.